The van der Waals surface area contributed by atoms with Crippen LogP contribution in [-0.4, -0.2) is 0 Å². The van der Waals surface area contributed by atoms with E-state index in [1.165, 1.54) is 0 Å². The van der Waals surface area contributed by atoms with Gasteiger partial charge in [-0.05, 0) is 203 Å². The van der Waals surface area contributed by atoms with E-state index in [0.717, 1.165) is 135 Å². The second-order valence-corrected chi connectivity index (χ2v) is 22.1. The van der Waals surface area contributed by atoms with Crippen molar-refractivity contribution in [2.45, 2.75) is 0 Å². The summed E-state index contributed by atoms with van der Waals surface area (Å²) in [5, 5.41) is 2.06. The number of hydrogen-bond acceptors (Lipinski definition) is 5. The Balaban J connectivity index is 0.921. The van der Waals surface area contributed by atoms with E-state index in [-0.39, 0.29) is 0 Å². The smallest absolute Gasteiger partial charge is 0.143 e. The maximum atomic E-state index is 7.50. The molecule has 0 aliphatic carbocycles. The second kappa shape index (κ2) is 24.2. The van der Waals surface area contributed by atoms with Gasteiger partial charge >= 0.3 is 0 Å². The molecule has 0 aliphatic heterocycles. The highest BCUT2D eigenvalue weighted by atomic mass is 16.3. The van der Waals surface area contributed by atoms with Crippen LogP contribution in [0, 0.1) is 0 Å². The van der Waals surface area contributed by atoms with Crippen molar-refractivity contribution in [1.29, 1.82) is 0 Å². The molecule has 5 heteroatoms. The van der Waals surface area contributed by atoms with Gasteiger partial charge in [0.15, 0.2) is 0 Å². The molecule has 0 bridgehead atoms. The molecule has 0 fully saturated rings. The molecular formula is C84H60N4O. The van der Waals surface area contributed by atoms with Gasteiger partial charge in [0.05, 0.1) is 0 Å². The maximum absolute atomic E-state index is 7.50. The predicted molar refractivity (Wildman–Crippen MR) is 374 cm³/mol. The van der Waals surface area contributed by atoms with E-state index in [9.17, 15) is 0 Å². The number of fused-ring (bicyclic) bond motifs is 3. The zero-order valence-corrected chi connectivity index (χ0v) is 48.8. The van der Waals surface area contributed by atoms with Crippen molar-refractivity contribution in [2.75, 3.05) is 19.6 Å². The third kappa shape index (κ3) is 10.9. The Labute approximate surface area is 519 Å². The minimum absolute atomic E-state index is 0.821. The van der Waals surface area contributed by atoms with Gasteiger partial charge in [-0.25, -0.2) is 0 Å². The molecule has 0 amide bonds. The highest BCUT2D eigenvalue weighted by molar-refractivity contribution is 6.16. The molecule has 15 rings (SSSR count). The fourth-order valence-corrected chi connectivity index (χ4v) is 12.3. The summed E-state index contributed by atoms with van der Waals surface area (Å²) in [5.41, 5.74) is 23.0. The van der Waals surface area contributed by atoms with E-state index < -0.39 is 0 Å². The van der Waals surface area contributed by atoms with E-state index in [4.69, 9.17) is 4.42 Å². The molecule has 0 N–H and O–H groups in total. The van der Waals surface area contributed by atoms with Crippen molar-refractivity contribution in [3.05, 3.63) is 364 Å². The van der Waals surface area contributed by atoms with Crippen LogP contribution in [0.3, 0.4) is 0 Å². The first kappa shape index (κ1) is 53.8. The molecule has 5 nitrogen and oxygen atoms in total. The summed E-state index contributed by atoms with van der Waals surface area (Å²) in [6, 6.07) is 130. The van der Waals surface area contributed by atoms with Crippen molar-refractivity contribution in [1.82, 2.24) is 0 Å². The van der Waals surface area contributed by atoms with Gasteiger partial charge in [-0.3, -0.25) is 0 Å². The van der Waals surface area contributed by atoms with Crippen LogP contribution in [0.4, 0.5) is 68.2 Å². The van der Waals surface area contributed by atoms with Crippen molar-refractivity contribution in [2.24, 2.45) is 0 Å². The largest absolute Gasteiger partial charge is 0.455 e. The van der Waals surface area contributed by atoms with Crippen molar-refractivity contribution in [3.63, 3.8) is 0 Å². The molecular weight excluding hydrogens is 1080 g/mol. The summed E-state index contributed by atoms with van der Waals surface area (Å²) in [4.78, 5) is 9.22. The number of para-hydroxylation sites is 8. The minimum atomic E-state index is 0.821. The molecule has 89 heavy (non-hydrogen) atoms. The third-order valence-electron chi connectivity index (χ3n) is 16.6. The summed E-state index contributed by atoms with van der Waals surface area (Å²) in [6.45, 7) is 0. The molecule has 0 atom stereocenters. The zero-order valence-electron chi connectivity index (χ0n) is 48.8. The van der Waals surface area contributed by atoms with Crippen LogP contribution < -0.4 is 19.6 Å². The molecule has 0 spiro atoms. The van der Waals surface area contributed by atoms with Crippen molar-refractivity contribution >= 4 is 90.2 Å². The molecule has 0 unspecified atom stereocenters. The fraction of sp³-hybridized carbons (Fsp3) is 0. The van der Waals surface area contributed by atoms with Crippen molar-refractivity contribution < 1.29 is 4.42 Å². The van der Waals surface area contributed by atoms with E-state index in [0.29, 0.717) is 0 Å². The molecule has 0 saturated carbocycles. The second-order valence-electron chi connectivity index (χ2n) is 22.1. The normalized spacial score (nSPS) is 11.1. The van der Waals surface area contributed by atoms with Crippen LogP contribution in [0.1, 0.15) is 0 Å². The zero-order chi connectivity index (χ0) is 59.3. The van der Waals surface area contributed by atoms with Gasteiger partial charge in [0.25, 0.3) is 0 Å². The SMILES string of the molecule is c1ccc(N(c2ccccc2)c2ccc(-c3cc(-c4ccc(N(c5ccccc5)c5ccccc5)cc4)c4oc5c(-c6ccc(N(c7ccccc7)c7ccccc7)cc6)cc(-c6ccc(N(c7ccccc7)c7ccccc7)cc6)cc5c4c3)cc2)cc1. The van der Waals surface area contributed by atoms with Gasteiger partial charge < -0.3 is 24.0 Å². The predicted octanol–water partition coefficient (Wildman–Crippen LogP) is 24.1. The molecule has 1 heterocycles. The number of anilines is 12. The van der Waals surface area contributed by atoms with Crippen molar-refractivity contribution in [3.8, 4) is 44.5 Å². The van der Waals surface area contributed by atoms with Crippen LogP contribution in [0.25, 0.3) is 66.4 Å². The van der Waals surface area contributed by atoms with Gasteiger partial charge in [-0.1, -0.05) is 194 Å². The van der Waals surface area contributed by atoms with Crippen LogP contribution in [-0.2, 0) is 0 Å². The lowest BCUT2D eigenvalue weighted by Crippen LogP contribution is -2.09. The Kier molecular flexibility index (Phi) is 14.6. The van der Waals surface area contributed by atoms with Gasteiger partial charge in [-0.2, -0.15) is 0 Å². The molecule has 422 valence electrons. The molecule has 0 saturated heterocycles. The number of furan rings is 1. The number of nitrogens with zero attached hydrogens (tertiary/aromatic N) is 4. The molecule has 15 aromatic rings. The first-order valence-electron chi connectivity index (χ1n) is 30.2. The Hall–Kier alpha value is -11.9. The van der Waals surface area contributed by atoms with E-state index in [1.807, 2.05) is 0 Å². The minimum Gasteiger partial charge on any atom is -0.455 e. The Morgan fingerprint density at radius 3 is 0.539 bits per heavy atom. The standard InChI is InChI=1S/C84H60N4O/c1-9-25-67(26-10-1)85(68-27-11-2-12-28-68)75-49-41-61(42-50-75)65-57-79(63-45-53-77(54-46-63)87(71-33-17-5-18-34-71)72-35-19-6-20-36-72)83-81(59-65)82-60-66(62-43-51-76(52-44-62)86(69-29-13-3-14-30-69)70-31-15-4-16-32-70)58-80(84(82)89-83)64-47-55-78(56-48-64)88(73-37-21-7-22-38-73)74-39-23-8-24-40-74/h1-60H. The molecule has 0 aliphatic rings. The van der Waals surface area contributed by atoms with Gasteiger partial charge in [0.1, 0.15) is 11.2 Å². The van der Waals surface area contributed by atoms with Crippen LogP contribution in [0.15, 0.2) is 368 Å². The van der Waals surface area contributed by atoms with Crippen LogP contribution in [0.5, 0.6) is 0 Å². The van der Waals surface area contributed by atoms with Crippen LogP contribution in [0.2, 0.25) is 0 Å². The van der Waals surface area contributed by atoms with Gasteiger partial charge in [0, 0.05) is 90.1 Å². The molecule has 1 aromatic heterocycles. The monoisotopic (exact) mass is 1140 g/mol. The lowest BCUT2D eigenvalue weighted by atomic mass is 9.93. The van der Waals surface area contributed by atoms with Gasteiger partial charge in [0.2, 0.25) is 0 Å². The van der Waals surface area contributed by atoms with E-state index in [2.05, 4.69) is 384 Å². The fourth-order valence-electron chi connectivity index (χ4n) is 12.3. The number of benzene rings is 14. The summed E-state index contributed by atoms with van der Waals surface area (Å²) in [5.74, 6) is 0. The molecule has 0 radical (unpaired) electrons. The molecule has 14 aromatic carbocycles. The highest BCUT2D eigenvalue weighted by Gasteiger charge is 2.23. The highest BCUT2D eigenvalue weighted by Crippen LogP contribution is 2.47. The maximum Gasteiger partial charge on any atom is 0.143 e. The lowest BCUT2D eigenvalue weighted by molar-refractivity contribution is 0.671. The Morgan fingerprint density at radius 2 is 0.337 bits per heavy atom. The van der Waals surface area contributed by atoms with Crippen LogP contribution >= 0.6 is 0 Å². The third-order valence-corrected chi connectivity index (χ3v) is 16.6. The van der Waals surface area contributed by atoms with E-state index in [1.54, 1.807) is 0 Å². The quantitative estimate of drug-likeness (QED) is 0.0961. The first-order chi connectivity index (χ1) is 44.1. The summed E-state index contributed by atoms with van der Waals surface area (Å²) in [6.07, 6.45) is 0. The van der Waals surface area contributed by atoms with Gasteiger partial charge in [-0.15, -0.1) is 0 Å². The number of rotatable bonds is 16. The summed E-state index contributed by atoms with van der Waals surface area (Å²) >= 11 is 0. The average molecular weight is 1140 g/mol. The average Bonchev–Trinajstić information content (AvgIpc) is 1.87. The first-order valence-corrected chi connectivity index (χ1v) is 30.2. The lowest BCUT2D eigenvalue weighted by Gasteiger charge is -2.25. The Bertz CT molecular complexity index is 4350. The topological polar surface area (TPSA) is 26.1 Å². The summed E-state index contributed by atoms with van der Waals surface area (Å²) in [7, 11) is 0. The van der Waals surface area contributed by atoms with E-state index >= 15 is 0 Å². The summed E-state index contributed by atoms with van der Waals surface area (Å²) < 4.78 is 7.50. The Morgan fingerprint density at radius 1 is 0.157 bits per heavy atom. The number of hydrogen-bond donors (Lipinski definition) is 0.